The first-order valence-electron chi connectivity index (χ1n) is 11.7. The van der Waals surface area contributed by atoms with Crippen molar-refractivity contribution in [2.24, 2.45) is 0 Å². The van der Waals surface area contributed by atoms with Gasteiger partial charge in [-0.05, 0) is 11.8 Å². The van der Waals surface area contributed by atoms with Gasteiger partial charge in [-0.1, -0.05) is 108 Å². The third kappa shape index (κ3) is 8.14. The summed E-state index contributed by atoms with van der Waals surface area (Å²) < 4.78 is 0. The molecular weight excluding hydrogens is 571 g/mol. The van der Waals surface area contributed by atoms with E-state index < -0.39 is 0 Å². The van der Waals surface area contributed by atoms with Crippen molar-refractivity contribution < 1.29 is 51.0 Å². The molecule has 2 atom stereocenters. The van der Waals surface area contributed by atoms with Crippen molar-refractivity contribution >= 4 is 11.1 Å². The van der Waals surface area contributed by atoms with E-state index in [-0.39, 0.29) is 51.0 Å². The maximum absolute atomic E-state index is 3.53. The van der Waals surface area contributed by atoms with Gasteiger partial charge < -0.3 is 24.8 Å². The van der Waals surface area contributed by atoms with Crippen LogP contribution in [0, 0.1) is 12.2 Å². The molecule has 0 aliphatic heterocycles. The van der Waals surface area contributed by atoms with Gasteiger partial charge in [0.1, 0.15) is 0 Å². The molecule has 0 nitrogen and oxygen atoms in total. The minimum absolute atomic E-state index is 0. The van der Waals surface area contributed by atoms with Gasteiger partial charge in [0.15, 0.2) is 0 Å². The first-order chi connectivity index (χ1) is 16.9. The van der Waals surface area contributed by atoms with Gasteiger partial charge in [0.05, 0.1) is 0 Å². The second-order valence-corrected chi connectivity index (χ2v) is 8.34. The normalized spacial score (nSPS) is 16.6. The Morgan fingerprint density at radius 1 is 0.405 bits per heavy atom. The van der Waals surface area contributed by atoms with E-state index >= 15 is 0 Å². The molecule has 2 unspecified atom stereocenters. The molecule has 0 saturated carbocycles. The summed E-state index contributed by atoms with van der Waals surface area (Å²) in [6.07, 6.45) is 15.8. The van der Waals surface area contributed by atoms with Crippen LogP contribution in [0.4, 0.5) is 0 Å². The summed E-state index contributed by atoms with van der Waals surface area (Å²) in [6.45, 7) is 0. The molecule has 0 aromatic heterocycles. The standard InChI is InChI=1S/2C17H13.2ClH.Zr/c2*1-3-7-14(8-4-1)16-11-12-17(13-16)15-9-5-2-6-10-15;;;/h2*1-12,16H;2*1H;/q2*-1;;;+4/p-2. The van der Waals surface area contributed by atoms with Crippen LogP contribution in [0.2, 0.25) is 0 Å². The number of rotatable bonds is 4. The third-order valence-corrected chi connectivity index (χ3v) is 6.02. The van der Waals surface area contributed by atoms with Crippen molar-refractivity contribution in [2.75, 3.05) is 0 Å². The van der Waals surface area contributed by atoms with E-state index in [9.17, 15) is 0 Å². The van der Waals surface area contributed by atoms with Gasteiger partial charge in [-0.2, -0.15) is 35.5 Å². The average Bonchev–Trinajstić information content (AvgIpc) is 3.62. The van der Waals surface area contributed by atoms with Crippen LogP contribution in [0.5, 0.6) is 0 Å². The predicted molar refractivity (Wildman–Crippen MR) is 143 cm³/mol. The van der Waals surface area contributed by atoms with Gasteiger partial charge >= 0.3 is 26.2 Å². The van der Waals surface area contributed by atoms with Crippen LogP contribution in [0.1, 0.15) is 34.1 Å². The molecule has 2 aliphatic carbocycles. The molecule has 3 heteroatoms. The maximum Gasteiger partial charge on any atom is 4.00 e. The van der Waals surface area contributed by atoms with E-state index in [4.69, 9.17) is 0 Å². The zero-order chi connectivity index (χ0) is 23.0. The van der Waals surface area contributed by atoms with Crippen molar-refractivity contribution in [2.45, 2.75) is 11.8 Å². The Balaban J connectivity index is 0.000000241. The van der Waals surface area contributed by atoms with Crippen molar-refractivity contribution in [1.82, 2.24) is 0 Å². The average molecular weight is 597 g/mol. The van der Waals surface area contributed by atoms with Crippen LogP contribution in [0.3, 0.4) is 0 Å². The predicted octanol–water partition coefficient (Wildman–Crippen LogP) is 2.46. The van der Waals surface area contributed by atoms with Gasteiger partial charge in [-0.15, -0.1) is 47.5 Å². The summed E-state index contributed by atoms with van der Waals surface area (Å²) in [5.41, 5.74) is 7.47. The number of hydrogen-bond donors (Lipinski definition) is 0. The zero-order valence-corrected chi connectivity index (χ0v) is 24.2. The number of allylic oxidation sites excluding steroid dienone is 8. The SMILES string of the molecule is [C-]1=C(c2ccccc2)C=CC1c1ccccc1.[C-]1=C(c2ccccc2)C=CC1c1ccccc1.[Cl-].[Cl-].[Zr+4]. The van der Waals surface area contributed by atoms with Crippen molar-refractivity contribution in [3.8, 4) is 0 Å². The van der Waals surface area contributed by atoms with Crippen LogP contribution >= 0.6 is 0 Å². The van der Waals surface area contributed by atoms with E-state index in [1.807, 2.05) is 24.3 Å². The summed E-state index contributed by atoms with van der Waals surface area (Å²) in [4.78, 5) is 0. The molecule has 0 N–H and O–H groups in total. The Bertz CT molecular complexity index is 1220. The summed E-state index contributed by atoms with van der Waals surface area (Å²) in [5, 5.41) is 0. The largest absolute Gasteiger partial charge is 4.00 e. The van der Waals surface area contributed by atoms with E-state index in [1.54, 1.807) is 0 Å². The fraction of sp³-hybridized carbons (Fsp3) is 0.0588. The number of halogens is 2. The fourth-order valence-corrected chi connectivity index (χ4v) is 4.22. The van der Waals surface area contributed by atoms with Crippen molar-refractivity contribution in [3.05, 3.63) is 180 Å². The molecule has 0 radical (unpaired) electrons. The van der Waals surface area contributed by atoms with Crippen molar-refractivity contribution in [3.63, 3.8) is 0 Å². The Morgan fingerprint density at radius 2 is 0.703 bits per heavy atom. The molecular formula is C34H26Cl2Zr. The monoisotopic (exact) mass is 594 g/mol. The molecule has 0 heterocycles. The van der Waals surface area contributed by atoms with Gasteiger partial charge in [-0.3, -0.25) is 0 Å². The minimum atomic E-state index is 0. The molecule has 4 aromatic carbocycles. The second-order valence-electron chi connectivity index (χ2n) is 8.34. The molecule has 0 bridgehead atoms. The molecule has 0 fully saturated rings. The number of hydrogen-bond acceptors (Lipinski definition) is 0. The molecule has 180 valence electrons. The molecule has 4 aromatic rings. The van der Waals surface area contributed by atoms with Crippen LogP contribution in [-0.4, -0.2) is 0 Å². The van der Waals surface area contributed by atoms with Gasteiger partial charge in [0.25, 0.3) is 0 Å². The topological polar surface area (TPSA) is 0 Å². The summed E-state index contributed by atoms with van der Waals surface area (Å²) >= 11 is 0. The van der Waals surface area contributed by atoms with Gasteiger partial charge in [-0.25, -0.2) is 0 Å². The van der Waals surface area contributed by atoms with Crippen LogP contribution in [0.15, 0.2) is 146 Å². The van der Waals surface area contributed by atoms with E-state index in [1.165, 1.54) is 33.4 Å². The van der Waals surface area contributed by atoms with Crippen molar-refractivity contribution in [1.29, 1.82) is 0 Å². The Labute approximate surface area is 252 Å². The first-order valence-corrected chi connectivity index (χ1v) is 11.7. The van der Waals surface area contributed by atoms with Gasteiger partial charge in [0.2, 0.25) is 0 Å². The third-order valence-electron chi connectivity index (χ3n) is 6.02. The van der Waals surface area contributed by atoms with Crippen LogP contribution in [-0.2, 0) is 26.2 Å². The molecule has 0 saturated heterocycles. The van der Waals surface area contributed by atoms with E-state index in [0.717, 1.165) is 0 Å². The van der Waals surface area contributed by atoms with Gasteiger partial charge in [0, 0.05) is 0 Å². The smallest absolute Gasteiger partial charge is 1.00 e. The second kappa shape index (κ2) is 15.5. The number of benzene rings is 4. The molecule has 0 spiro atoms. The minimum Gasteiger partial charge on any atom is -1.00 e. The molecule has 37 heavy (non-hydrogen) atoms. The van der Waals surface area contributed by atoms with Crippen LogP contribution in [0.25, 0.3) is 11.1 Å². The Kier molecular flexibility index (Phi) is 12.8. The fourth-order valence-electron chi connectivity index (χ4n) is 4.22. The molecule has 2 aliphatic rings. The van der Waals surface area contributed by atoms with Crippen LogP contribution < -0.4 is 24.8 Å². The first kappa shape index (κ1) is 30.5. The van der Waals surface area contributed by atoms with E-state index in [2.05, 4.69) is 134 Å². The Hall–Kier alpha value is -2.70. The Morgan fingerprint density at radius 3 is 1.03 bits per heavy atom. The zero-order valence-electron chi connectivity index (χ0n) is 20.3. The summed E-state index contributed by atoms with van der Waals surface area (Å²) in [7, 11) is 0. The quantitative estimate of drug-likeness (QED) is 0.318. The summed E-state index contributed by atoms with van der Waals surface area (Å²) in [5.74, 6) is 0.595. The molecule has 6 rings (SSSR count). The van der Waals surface area contributed by atoms with E-state index in [0.29, 0.717) is 11.8 Å². The summed E-state index contributed by atoms with van der Waals surface area (Å²) in [6, 6.07) is 41.8. The molecule has 0 amide bonds. The maximum atomic E-state index is 3.53.